The third kappa shape index (κ3) is 2.20. The van der Waals surface area contributed by atoms with E-state index in [4.69, 9.17) is 16.7 Å². The van der Waals surface area contributed by atoms with Crippen molar-refractivity contribution >= 4 is 29.9 Å². The number of halogens is 1. The molecule has 0 aliphatic rings. The van der Waals surface area contributed by atoms with Crippen LogP contribution in [0.3, 0.4) is 0 Å². The Morgan fingerprint density at radius 1 is 1.43 bits per heavy atom. The predicted molar refractivity (Wildman–Crippen MR) is 53.5 cm³/mol. The van der Waals surface area contributed by atoms with E-state index in [1.807, 2.05) is 0 Å². The van der Waals surface area contributed by atoms with E-state index in [0.717, 1.165) is 0 Å². The quantitative estimate of drug-likeness (QED) is 0.615. The number of aromatic carboxylic acids is 1. The molecule has 0 aliphatic carbocycles. The van der Waals surface area contributed by atoms with E-state index in [0.29, 0.717) is 11.8 Å². The first-order valence-corrected chi connectivity index (χ1v) is 4.18. The molecule has 0 heterocycles. The highest BCUT2D eigenvalue weighted by Crippen LogP contribution is 2.22. The largest absolute Gasteiger partial charge is 0.478 e. The summed E-state index contributed by atoms with van der Waals surface area (Å²) < 4.78 is 0. The van der Waals surface area contributed by atoms with Crippen LogP contribution in [0.2, 0.25) is 5.02 Å². The minimum Gasteiger partial charge on any atom is -0.478 e. The molecule has 0 bridgehead atoms. The lowest BCUT2D eigenvalue weighted by Gasteiger charge is -2.01. The molecule has 0 unspecified atom stereocenters. The number of carbonyl (C=O) groups is 2. The number of carbonyl (C=O) groups excluding carboxylic acids is 1. The van der Waals surface area contributed by atoms with Crippen LogP contribution < -0.4 is 0 Å². The molecule has 1 aromatic carbocycles. The predicted octanol–water partition coefficient (Wildman–Crippen LogP) is 2.25. The van der Waals surface area contributed by atoms with Crippen LogP contribution in [-0.4, -0.2) is 17.4 Å². The standard InChI is InChI=1S/C10H7ClO3/c11-9-7(4-2-6-12)3-1-5-8(9)10(13)14/h1-6H,(H,13,14). The summed E-state index contributed by atoms with van der Waals surface area (Å²) in [5.74, 6) is -1.09. The highest BCUT2D eigenvalue weighted by molar-refractivity contribution is 6.35. The Kier molecular flexibility index (Phi) is 3.42. The van der Waals surface area contributed by atoms with Crippen LogP contribution in [0.1, 0.15) is 15.9 Å². The fraction of sp³-hybridized carbons (Fsp3) is 0. The second-order valence-electron chi connectivity index (χ2n) is 2.51. The molecule has 1 N–H and O–H groups in total. The minimum absolute atomic E-state index is 0.0275. The fourth-order valence-electron chi connectivity index (χ4n) is 0.987. The molecule has 1 rings (SSSR count). The number of allylic oxidation sites excluding steroid dienone is 1. The van der Waals surface area contributed by atoms with E-state index in [2.05, 4.69) is 0 Å². The maximum atomic E-state index is 10.7. The van der Waals surface area contributed by atoms with Gasteiger partial charge in [0.05, 0.1) is 10.6 Å². The number of rotatable bonds is 3. The van der Waals surface area contributed by atoms with Crippen LogP contribution in [0.4, 0.5) is 0 Å². The number of aldehydes is 1. The molecular formula is C10H7ClO3. The molecule has 4 heteroatoms. The van der Waals surface area contributed by atoms with Crippen LogP contribution in [0.5, 0.6) is 0 Å². The van der Waals surface area contributed by atoms with Crippen LogP contribution in [0.25, 0.3) is 6.08 Å². The number of hydrogen-bond acceptors (Lipinski definition) is 2. The second-order valence-corrected chi connectivity index (χ2v) is 2.89. The first-order valence-electron chi connectivity index (χ1n) is 3.80. The monoisotopic (exact) mass is 210 g/mol. The van der Waals surface area contributed by atoms with Crippen molar-refractivity contribution in [1.82, 2.24) is 0 Å². The van der Waals surface area contributed by atoms with Gasteiger partial charge in [-0.2, -0.15) is 0 Å². The zero-order chi connectivity index (χ0) is 10.6. The Morgan fingerprint density at radius 3 is 2.71 bits per heavy atom. The molecule has 0 fully saturated rings. The lowest BCUT2D eigenvalue weighted by atomic mass is 10.1. The summed E-state index contributed by atoms with van der Waals surface area (Å²) in [6, 6.07) is 4.61. The normalized spacial score (nSPS) is 10.4. The van der Waals surface area contributed by atoms with Crippen molar-refractivity contribution in [3.8, 4) is 0 Å². The lowest BCUT2D eigenvalue weighted by Crippen LogP contribution is -1.97. The van der Waals surface area contributed by atoms with Crippen molar-refractivity contribution in [2.45, 2.75) is 0 Å². The Hall–Kier alpha value is -1.61. The molecule has 0 amide bonds. The molecule has 0 saturated heterocycles. The smallest absolute Gasteiger partial charge is 0.337 e. The SMILES string of the molecule is O=CC=Cc1cccc(C(=O)O)c1Cl. The van der Waals surface area contributed by atoms with E-state index < -0.39 is 5.97 Å². The average Bonchev–Trinajstić information content (AvgIpc) is 2.16. The molecule has 72 valence electrons. The molecule has 3 nitrogen and oxygen atoms in total. The van der Waals surface area contributed by atoms with Crippen molar-refractivity contribution in [3.05, 3.63) is 40.4 Å². The van der Waals surface area contributed by atoms with Gasteiger partial charge in [0.1, 0.15) is 6.29 Å². The van der Waals surface area contributed by atoms with Gasteiger partial charge in [0.15, 0.2) is 0 Å². The van der Waals surface area contributed by atoms with Gasteiger partial charge in [-0.05, 0) is 17.7 Å². The van der Waals surface area contributed by atoms with Crippen LogP contribution in [0, 0.1) is 0 Å². The zero-order valence-corrected chi connectivity index (χ0v) is 7.86. The molecule has 0 aromatic heterocycles. The van der Waals surface area contributed by atoms with Gasteiger partial charge in [0.2, 0.25) is 0 Å². The molecular weight excluding hydrogens is 204 g/mol. The van der Waals surface area contributed by atoms with Gasteiger partial charge in [-0.15, -0.1) is 0 Å². The number of carboxylic acids is 1. The van der Waals surface area contributed by atoms with Crippen molar-refractivity contribution < 1.29 is 14.7 Å². The molecule has 0 aliphatic heterocycles. The summed E-state index contributed by atoms with van der Waals surface area (Å²) in [5.41, 5.74) is 0.540. The Balaban J connectivity index is 3.20. The van der Waals surface area contributed by atoms with Gasteiger partial charge in [-0.3, -0.25) is 4.79 Å². The highest BCUT2D eigenvalue weighted by atomic mass is 35.5. The summed E-state index contributed by atoms with van der Waals surface area (Å²) in [5, 5.41) is 8.87. The topological polar surface area (TPSA) is 54.4 Å². The lowest BCUT2D eigenvalue weighted by molar-refractivity contribution is -0.104. The summed E-state index contributed by atoms with van der Waals surface area (Å²) in [6.45, 7) is 0. The van der Waals surface area contributed by atoms with Crippen molar-refractivity contribution in [1.29, 1.82) is 0 Å². The van der Waals surface area contributed by atoms with Crippen LogP contribution >= 0.6 is 11.6 Å². The first-order chi connectivity index (χ1) is 6.66. The van der Waals surface area contributed by atoms with Gasteiger partial charge >= 0.3 is 5.97 Å². The van der Waals surface area contributed by atoms with E-state index in [9.17, 15) is 9.59 Å². The van der Waals surface area contributed by atoms with Crippen molar-refractivity contribution in [2.24, 2.45) is 0 Å². The van der Waals surface area contributed by atoms with Crippen LogP contribution in [0.15, 0.2) is 24.3 Å². The first kappa shape index (κ1) is 10.5. The van der Waals surface area contributed by atoms with Crippen molar-refractivity contribution in [2.75, 3.05) is 0 Å². The molecule has 14 heavy (non-hydrogen) atoms. The number of benzene rings is 1. The second kappa shape index (κ2) is 4.58. The van der Waals surface area contributed by atoms with E-state index in [-0.39, 0.29) is 10.6 Å². The number of hydrogen-bond donors (Lipinski definition) is 1. The Bertz CT molecular complexity index is 396. The molecule has 0 spiro atoms. The Labute approximate surface area is 85.6 Å². The van der Waals surface area contributed by atoms with Gasteiger partial charge in [-0.25, -0.2) is 4.79 Å². The summed E-state index contributed by atoms with van der Waals surface area (Å²) in [7, 11) is 0. The third-order valence-electron chi connectivity index (χ3n) is 1.61. The van der Waals surface area contributed by atoms with E-state index in [1.165, 1.54) is 18.2 Å². The third-order valence-corrected chi connectivity index (χ3v) is 2.04. The maximum absolute atomic E-state index is 10.7. The average molecular weight is 211 g/mol. The van der Waals surface area contributed by atoms with E-state index in [1.54, 1.807) is 12.1 Å². The summed E-state index contributed by atoms with van der Waals surface area (Å²) in [4.78, 5) is 20.7. The van der Waals surface area contributed by atoms with E-state index >= 15 is 0 Å². The minimum atomic E-state index is -1.09. The van der Waals surface area contributed by atoms with Crippen molar-refractivity contribution in [3.63, 3.8) is 0 Å². The van der Waals surface area contributed by atoms with Gasteiger partial charge in [0.25, 0.3) is 0 Å². The highest BCUT2D eigenvalue weighted by Gasteiger charge is 2.09. The fourth-order valence-corrected chi connectivity index (χ4v) is 1.26. The maximum Gasteiger partial charge on any atom is 0.337 e. The summed E-state index contributed by atoms with van der Waals surface area (Å²) in [6.07, 6.45) is 3.32. The van der Waals surface area contributed by atoms with Gasteiger partial charge in [-0.1, -0.05) is 29.8 Å². The molecule has 1 aromatic rings. The molecule has 0 saturated carbocycles. The van der Waals surface area contributed by atoms with Gasteiger partial charge < -0.3 is 5.11 Å². The zero-order valence-electron chi connectivity index (χ0n) is 7.11. The molecule has 0 radical (unpaired) electrons. The van der Waals surface area contributed by atoms with Crippen LogP contribution in [-0.2, 0) is 4.79 Å². The van der Waals surface area contributed by atoms with Gasteiger partial charge in [0, 0.05) is 0 Å². The number of carboxylic acid groups (broad SMARTS) is 1. The molecule has 0 atom stereocenters. The summed E-state index contributed by atoms with van der Waals surface area (Å²) >= 11 is 5.79. The Morgan fingerprint density at radius 2 is 2.14 bits per heavy atom.